The summed E-state index contributed by atoms with van der Waals surface area (Å²) in [7, 11) is -3.67. The van der Waals surface area contributed by atoms with Crippen LogP contribution in [0, 0.1) is 5.82 Å². The van der Waals surface area contributed by atoms with Gasteiger partial charge in [0.2, 0.25) is 10.0 Å². The van der Waals surface area contributed by atoms with Crippen molar-refractivity contribution in [1.82, 2.24) is 19.3 Å². The fourth-order valence-electron chi connectivity index (χ4n) is 3.85. The van der Waals surface area contributed by atoms with Gasteiger partial charge in [-0.25, -0.2) is 12.8 Å². The Morgan fingerprint density at radius 2 is 1.70 bits per heavy atom. The number of halogens is 1. The number of nitrogens with zero attached hydrogens (tertiary/aromatic N) is 4. The molecule has 3 heterocycles. The second kappa shape index (κ2) is 5.38. The SMILES string of the molecule is O=S(=O)(c1cccc(F)c1)N1C2CCC1CC(n1nccn1)C2. The molecule has 2 unspecified atom stereocenters. The molecule has 122 valence electrons. The summed E-state index contributed by atoms with van der Waals surface area (Å²) in [4.78, 5) is 1.71. The normalized spacial score (nSPS) is 28.1. The number of piperidine rings is 1. The van der Waals surface area contributed by atoms with Crippen LogP contribution in [-0.4, -0.2) is 39.8 Å². The zero-order valence-electron chi connectivity index (χ0n) is 12.4. The lowest BCUT2D eigenvalue weighted by Gasteiger charge is -2.37. The van der Waals surface area contributed by atoms with Crippen molar-refractivity contribution in [2.75, 3.05) is 0 Å². The summed E-state index contributed by atoms with van der Waals surface area (Å²) in [5.74, 6) is -0.533. The quantitative estimate of drug-likeness (QED) is 0.859. The molecule has 6 nitrogen and oxygen atoms in total. The van der Waals surface area contributed by atoms with Crippen molar-refractivity contribution in [2.24, 2.45) is 0 Å². The number of sulfonamides is 1. The zero-order valence-corrected chi connectivity index (χ0v) is 13.2. The Morgan fingerprint density at radius 1 is 1.04 bits per heavy atom. The minimum absolute atomic E-state index is 0.0325. The van der Waals surface area contributed by atoms with Crippen LogP contribution in [0.3, 0.4) is 0 Å². The van der Waals surface area contributed by atoms with Crippen LogP contribution in [-0.2, 0) is 10.0 Å². The topological polar surface area (TPSA) is 68.1 Å². The molecule has 0 radical (unpaired) electrons. The van der Waals surface area contributed by atoms with Gasteiger partial charge in [0.25, 0.3) is 0 Å². The van der Waals surface area contributed by atoms with Crippen molar-refractivity contribution in [2.45, 2.75) is 48.7 Å². The molecule has 1 aromatic carbocycles. The molecule has 0 saturated carbocycles. The van der Waals surface area contributed by atoms with Crippen LogP contribution < -0.4 is 0 Å². The molecule has 23 heavy (non-hydrogen) atoms. The van der Waals surface area contributed by atoms with E-state index in [1.54, 1.807) is 21.5 Å². The van der Waals surface area contributed by atoms with E-state index in [9.17, 15) is 12.8 Å². The first-order valence-corrected chi connectivity index (χ1v) is 9.14. The fraction of sp³-hybridized carbons (Fsp3) is 0.467. The van der Waals surface area contributed by atoms with Gasteiger partial charge in [-0.05, 0) is 43.9 Å². The van der Waals surface area contributed by atoms with Gasteiger partial charge < -0.3 is 0 Å². The van der Waals surface area contributed by atoms with E-state index in [1.165, 1.54) is 18.2 Å². The predicted molar refractivity (Wildman–Crippen MR) is 80.5 cm³/mol. The van der Waals surface area contributed by atoms with E-state index < -0.39 is 15.8 Å². The Morgan fingerprint density at radius 3 is 2.30 bits per heavy atom. The number of aromatic nitrogens is 3. The molecule has 8 heteroatoms. The van der Waals surface area contributed by atoms with Gasteiger partial charge in [0, 0.05) is 12.1 Å². The van der Waals surface area contributed by atoms with Crippen LogP contribution >= 0.6 is 0 Å². The van der Waals surface area contributed by atoms with Crippen molar-refractivity contribution in [1.29, 1.82) is 0 Å². The standard InChI is InChI=1S/C15H17FN4O2S/c16-11-2-1-3-15(8-11)23(21,22)19-12-4-5-13(19)10-14(9-12)20-17-6-7-18-20/h1-3,6-8,12-14H,4-5,9-10H2. The Labute approximate surface area is 134 Å². The van der Waals surface area contributed by atoms with Crippen LogP contribution in [0.4, 0.5) is 4.39 Å². The second-order valence-corrected chi connectivity index (χ2v) is 8.00. The largest absolute Gasteiger partial charge is 0.243 e. The van der Waals surface area contributed by atoms with Crippen LogP contribution in [0.15, 0.2) is 41.6 Å². The molecular weight excluding hydrogens is 319 g/mol. The molecule has 0 spiro atoms. The molecule has 2 saturated heterocycles. The number of hydrogen-bond acceptors (Lipinski definition) is 4. The van der Waals surface area contributed by atoms with E-state index in [0.29, 0.717) is 12.8 Å². The highest BCUT2D eigenvalue weighted by Crippen LogP contribution is 2.43. The van der Waals surface area contributed by atoms with Gasteiger partial charge in [-0.1, -0.05) is 6.07 Å². The van der Waals surface area contributed by atoms with Gasteiger partial charge in [-0.15, -0.1) is 0 Å². The molecule has 2 atom stereocenters. The molecule has 2 bridgehead atoms. The van der Waals surface area contributed by atoms with E-state index in [-0.39, 0.29) is 23.0 Å². The Balaban J connectivity index is 1.64. The summed E-state index contributed by atoms with van der Waals surface area (Å²) >= 11 is 0. The predicted octanol–water partition coefficient (Wildman–Crippen LogP) is 1.97. The maximum Gasteiger partial charge on any atom is 0.243 e. The van der Waals surface area contributed by atoms with Crippen LogP contribution in [0.1, 0.15) is 31.7 Å². The van der Waals surface area contributed by atoms with E-state index in [4.69, 9.17) is 0 Å². The highest BCUT2D eigenvalue weighted by Gasteiger charge is 2.48. The number of fused-ring (bicyclic) bond motifs is 2. The fourth-order valence-corrected chi connectivity index (χ4v) is 5.77. The number of rotatable bonds is 3. The van der Waals surface area contributed by atoms with Gasteiger partial charge in [0.15, 0.2) is 0 Å². The average Bonchev–Trinajstić information content (AvgIpc) is 3.14. The maximum atomic E-state index is 13.4. The molecule has 2 aliphatic rings. The summed E-state index contributed by atoms with van der Waals surface area (Å²) in [6, 6.07) is 5.22. The summed E-state index contributed by atoms with van der Waals surface area (Å²) in [5.41, 5.74) is 0. The molecule has 4 rings (SSSR count). The zero-order chi connectivity index (χ0) is 16.0. The minimum Gasteiger partial charge on any atom is -0.207 e. The van der Waals surface area contributed by atoms with Crippen LogP contribution in [0.2, 0.25) is 0 Å². The Hall–Kier alpha value is -1.80. The van der Waals surface area contributed by atoms with Gasteiger partial charge >= 0.3 is 0 Å². The summed E-state index contributed by atoms with van der Waals surface area (Å²) in [5, 5.41) is 8.36. The van der Waals surface area contributed by atoms with Crippen molar-refractivity contribution < 1.29 is 12.8 Å². The number of benzene rings is 1. The molecule has 0 N–H and O–H groups in total. The number of hydrogen-bond donors (Lipinski definition) is 0. The molecular formula is C15H17FN4O2S. The molecule has 2 aliphatic heterocycles. The van der Waals surface area contributed by atoms with Gasteiger partial charge in [0.1, 0.15) is 5.82 Å². The van der Waals surface area contributed by atoms with Gasteiger partial charge in [0.05, 0.1) is 23.3 Å². The Kier molecular flexibility index (Phi) is 3.46. The van der Waals surface area contributed by atoms with E-state index in [0.717, 1.165) is 18.9 Å². The van der Waals surface area contributed by atoms with E-state index in [2.05, 4.69) is 10.2 Å². The minimum atomic E-state index is -3.67. The highest BCUT2D eigenvalue weighted by molar-refractivity contribution is 7.89. The maximum absolute atomic E-state index is 13.4. The summed E-state index contributed by atoms with van der Waals surface area (Å²) in [6.45, 7) is 0. The van der Waals surface area contributed by atoms with Crippen molar-refractivity contribution in [3.63, 3.8) is 0 Å². The average molecular weight is 336 g/mol. The molecule has 2 fully saturated rings. The van der Waals surface area contributed by atoms with Crippen LogP contribution in [0.25, 0.3) is 0 Å². The second-order valence-electron chi connectivity index (χ2n) is 6.15. The van der Waals surface area contributed by atoms with Crippen molar-refractivity contribution >= 4 is 10.0 Å². The summed E-state index contributed by atoms with van der Waals surface area (Å²) in [6.07, 6.45) is 6.32. The smallest absolute Gasteiger partial charge is 0.207 e. The summed E-state index contributed by atoms with van der Waals surface area (Å²) < 4.78 is 40.8. The lowest BCUT2D eigenvalue weighted by molar-refractivity contribution is 0.174. The Bertz CT molecular complexity index is 795. The monoisotopic (exact) mass is 336 g/mol. The lowest BCUT2D eigenvalue weighted by Crippen LogP contribution is -2.47. The molecule has 1 aromatic heterocycles. The third-order valence-corrected chi connectivity index (χ3v) is 6.78. The van der Waals surface area contributed by atoms with Crippen molar-refractivity contribution in [3.05, 3.63) is 42.5 Å². The molecule has 0 aliphatic carbocycles. The first-order chi connectivity index (χ1) is 11.1. The van der Waals surface area contributed by atoms with Crippen molar-refractivity contribution in [3.8, 4) is 0 Å². The highest BCUT2D eigenvalue weighted by atomic mass is 32.2. The van der Waals surface area contributed by atoms with Gasteiger partial charge in [-0.2, -0.15) is 19.3 Å². The van der Waals surface area contributed by atoms with Crippen LogP contribution in [0.5, 0.6) is 0 Å². The van der Waals surface area contributed by atoms with Gasteiger partial charge in [-0.3, -0.25) is 0 Å². The van der Waals surface area contributed by atoms with E-state index in [1.807, 2.05) is 0 Å². The molecule has 0 amide bonds. The third kappa shape index (κ3) is 2.46. The lowest BCUT2D eigenvalue weighted by atomic mass is 10.0. The first-order valence-electron chi connectivity index (χ1n) is 7.70. The first kappa shape index (κ1) is 14.8. The third-order valence-electron chi connectivity index (χ3n) is 4.78. The van der Waals surface area contributed by atoms with E-state index >= 15 is 0 Å². The molecule has 2 aromatic rings.